The molecule has 0 atom stereocenters. The highest BCUT2D eigenvalue weighted by Crippen LogP contribution is 2.30. The van der Waals surface area contributed by atoms with Crippen LogP contribution in [0.15, 0.2) is 33.7 Å². The van der Waals surface area contributed by atoms with E-state index in [0.717, 1.165) is 12.1 Å². The third-order valence-electron chi connectivity index (χ3n) is 4.56. The molecule has 0 unspecified atom stereocenters. The van der Waals surface area contributed by atoms with E-state index in [2.05, 4.69) is 5.16 Å². The molecule has 0 aliphatic carbocycles. The van der Waals surface area contributed by atoms with Crippen molar-refractivity contribution in [1.29, 1.82) is 0 Å². The van der Waals surface area contributed by atoms with Crippen LogP contribution in [0.2, 0.25) is 0 Å². The van der Waals surface area contributed by atoms with Gasteiger partial charge in [0.15, 0.2) is 5.76 Å². The van der Waals surface area contributed by atoms with Gasteiger partial charge >= 0.3 is 6.18 Å². The van der Waals surface area contributed by atoms with E-state index in [9.17, 15) is 21.6 Å². The second kappa shape index (κ2) is 7.25. The molecule has 6 nitrogen and oxygen atoms in total. The molecule has 0 saturated carbocycles. The van der Waals surface area contributed by atoms with Crippen LogP contribution in [0.4, 0.5) is 13.2 Å². The lowest BCUT2D eigenvalue weighted by molar-refractivity contribution is -0.137. The second-order valence-electron chi connectivity index (χ2n) is 6.53. The van der Waals surface area contributed by atoms with Crippen LogP contribution in [0.1, 0.15) is 22.6 Å². The first kappa shape index (κ1) is 19.8. The molecule has 0 bridgehead atoms. The molecule has 0 N–H and O–H groups in total. The minimum absolute atomic E-state index is 0.0915. The van der Waals surface area contributed by atoms with Crippen LogP contribution in [0.25, 0.3) is 0 Å². The number of nitrogens with zero attached hydrogens (tertiary/aromatic N) is 3. The molecule has 10 heteroatoms. The molecule has 0 radical (unpaired) electrons. The highest BCUT2D eigenvalue weighted by molar-refractivity contribution is 7.89. The number of aryl methyl sites for hydroxylation is 2. The fourth-order valence-corrected chi connectivity index (χ4v) is 4.92. The molecule has 1 aliphatic rings. The van der Waals surface area contributed by atoms with Gasteiger partial charge in [-0.05, 0) is 25.5 Å². The van der Waals surface area contributed by atoms with Gasteiger partial charge in [0.2, 0.25) is 10.0 Å². The first-order valence-corrected chi connectivity index (χ1v) is 9.84. The lowest BCUT2D eigenvalue weighted by Gasteiger charge is -2.34. The summed E-state index contributed by atoms with van der Waals surface area (Å²) in [7, 11) is -3.70. The highest BCUT2D eigenvalue weighted by atomic mass is 32.2. The number of hydrogen-bond acceptors (Lipinski definition) is 5. The molecule has 148 valence electrons. The van der Waals surface area contributed by atoms with Crippen LogP contribution in [0.5, 0.6) is 0 Å². The Bertz CT molecular complexity index is 897. The fraction of sp³-hybridized carbons (Fsp3) is 0.471. The van der Waals surface area contributed by atoms with Crippen molar-refractivity contribution in [3.63, 3.8) is 0 Å². The lowest BCUT2D eigenvalue weighted by Crippen LogP contribution is -2.48. The van der Waals surface area contributed by atoms with Crippen molar-refractivity contribution in [2.45, 2.75) is 31.5 Å². The Hall–Kier alpha value is -1.91. The molecule has 27 heavy (non-hydrogen) atoms. The molecule has 0 spiro atoms. The summed E-state index contributed by atoms with van der Waals surface area (Å²) in [5, 5.41) is 3.69. The number of sulfonamides is 1. The molecule has 1 aromatic heterocycles. The van der Waals surface area contributed by atoms with Gasteiger partial charge in [0.25, 0.3) is 0 Å². The largest absolute Gasteiger partial charge is 0.416 e. The Balaban J connectivity index is 1.66. The number of piperazine rings is 1. The minimum Gasteiger partial charge on any atom is -0.360 e. The summed E-state index contributed by atoms with van der Waals surface area (Å²) < 4.78 is 70.4. The first-order chi connectivity index (χ1) is 12.6. The fourth-order valence-electron chi connectivity index (χ4n) is 3.20. The van der Waals surface area contributed by atoms with Gasteiger partial charge in [-0.3, -0.25) is 4.90 Å². The monoisotopic (exact) mass is 403 g/mol. The van der Waals surface area contributed by atoms with Crippen molar-refractivity contribution in [3.05, 3.63) is 46.8 Å². The number of aromatic nitrogens is 1. The molecule has 2 aromatic rings. The van der Waals surface area contributed by atoms with Gasteiger partial charge in [-0.1, -0.05) is 23.4 Å². The molecule has 0 amide bonds. The van der Waals surface area contributed by atoms with Crippen molar-refractivity contribution >= 4 is 10.0 Å². The maximum absolute atomic E-state index is 12.8. The summed E-state index contributed by atoms with van der Waals surface area (Å²) in [6.07, 6.45) is -4.38. The normalized spacial score (nSPS) is 17.4. The zero-order chi connectivity index (χ0) is 19.8. The standard InChI is InChI=1S/C17H20F3N3O3S/c1-12-16(13(2)26-21-12)27(24,25)23-8-6-22(7-9-23)11-14-4-3-5-15(10-14)17(18,19)20/h3-5,10H,6-9,11H2,1-2H3. The third-order valence-corrected chi connectivity index (χ3v) is 6.70. The van der Waals surface area contributed by atoms with Crippen LogP contribution in [-0.4, -0.2) is 49.0 Å². The van der Waals surface area contributed by atoms with Gasteiger partial charge in [-0.2, -0.15) is 17.5 Å². The van der Waals surface area contributed by atoms with Crippen molar-refractivity contribution in [2.24, 2.45) is 0 Å². The van der Waals surface area contributed by atoms with E-state index in [-0.39, 0.29) is 23.7 Å². The summed E-state index contributed by atoms with van der Waals surface area (Å²) in [6.45, 7) is 4.83. The van der Waals surface area contributed by atoms with E-state index in [1.54, 1.807) is 19.9 Å². The van der Waals surface area contributed by atoms with Gasteiger partial charge in [-0.25, -0.2) is 8.42 Å². The highest BCUT2D eigenvalue weighted by Gasteiger charge is 2.34. The molecule has 1 saturated heterocycles. The SMILES string of the molecule is Cc1noc(C)c1S(=O)(=O)N1CCN(Cc2cccc(C(F)(F)F)c2)CC1. The van der Waals surface area contributed by atoms with E-state index < -0.39 is 21.8 Å². The topological polar surface area (TPSA) is 66.7 Å². The van der Waals surface area contributed by atoms with Crippen LogP contribution >= 0.6 is 0 Å². The summed E-state index contributed by atoms with van der Waals surface area (Å²) in [6, 6.07) is 5.20. The molecule has 1 fully saturated rings. The van der Waals surface area contributed by atoms with Crippen LogP contribution in [0.3, 0.4) is 0 Å². The molecular weight excluding hydrogens is 383 g/mol. The van der Waals surface area contributed by atoms with Gasteiger partial charge in [-0.15, -0.1) is 0 Å². The van der Waals surface area contributed by atoms with E-state index in [4.69, 9.17) is 4.52 Å². The average molecular weight is 403 g/mol. The smallest absolute Gasteiger partial charge is 0.360 e. The summed E-state index contributed by atoms with van der Waals surface area (Å²) in [5.41, 5.74) is 0.186. The number of benzene rings is 1. The maximum Gasteiger partial charge on any atom is 0.416 e. The molecule has 2 heterocycles. The Morgan fingerprint density at radius 3 is 2.37 bits per heavy atom. The Kier molecular flexibility index (Phi) is 5.33. The Morgan fingerprint density at radius 1 is 1.15 bits per heavy atom. The van der Waals surface area contributed by atoms with Crippen molar-refractivity contribution in [3.8, 4) is 0 Å². The van der Waals surface area contributed by atoms with Gasteiger partial charge in [0, 0.05) is 32.7 Å². The van der Waals surface area contributed by atoms with Crippen molar-refractivity contribution in [2.75, 3.05) is 26.2 Å². The van der Waals surface area contributed by atoms with Crippen LogP contribution < -0.4 is 0 Å². The van der Waals surface area contributed by atoms with Crippen molar-refractivity contribution < 1.29 is 26.1 Å². The molecule has 1 aromatic carbocycles. The Labute approximate surface area is 155 Å². The quantitative estimate of drug-likeness (QED) is 0.786. The average Bonchev–Trinajstić information content (AvgIpc) is 2.94. The van der Waals surface area contributed by atoms with E-state index in [0.29, 0.717) is 30.9 Å². The summed E-state index contributed by atoms with van der Waals surface area (Å²) >= 11 is 0. The van der Waals surface area contributed by atoms with E-state index in [1.807, 2.05) is 4.90 Å². The van der Waals surface area contributed by atoms with Crippen LogP contribution in [0, 0.1) is 13.8 Å². The number of halogens is 3. The minimum atomic E-state index is -4.38. The zero-order valence-corrected chi connectivity index (χ0v) is 15.8. The van der Waals surface area contributed by atoms with Crippen LogP contribution in [-0.2, 0) is 22.7 Å². The van der Waals surface area contributed by atoms with E-state index >= 15 is 0 Å². The third kappa shape index (κ3) is 4.17. The molecule has 3 rings (SSSR count). The number of rotatable bonds is 4. The summed E-state index contributed by atoms with van der Waals surface area (Å²) in [5.74, 6) is 0.249. The molecular formula is C17H20F3N3O3S. The summed E-state index contributed by atoms with van der Waals surface area (Å²) in [4.78, 5) is 2.03. The zero-order valence-electron chi connectivity index (χ0n) is 15.0. The number of alkyl halides is 3. The first-order valence-electron chi connectivity index (χ1n) is 8.40. The lowest BCUT2D eigenvalue weighted by atomic mass is 10.1. The molecule has 1 aliphatic heterocycles. The van der Waals surface area contributed by atoms with E-state index in [1.165, 1.54) is 10.4 Å². The maximum atomic E-state index is 12.8. The Morgan fingerprint density at radius 2 is 1.81 bits per heavy atom. The van der Waals surface area contributed by atoms with Crippen molar-refractivity contribution in [1.82, 2.24) is 14.4 Å². The predicted molar refractivity (Wildman–Crippen MR) is 91.5 cm³/mol. The predicted octanol–water partition coefficient (Wildman–Crippen LogP) is 2.82. The second-order valence-corrected chi connectivity index (χ2v) is 8.41. The van der Waals surface area contributed by atoms with Gasteiger partial charge in [0.1, 0.15) is 10.6 Å². The van der Waals surface area contributed by atoms with Gasteiger partial charge in [0.05, 0.1) is 5.56 Å². The van der Waals surface area contributed by atoms with Gasteiger partial charge < -0.3 is 4.52 Å². The number of hydrogen-bond donors (Lipinski definition) is 0.